The third-order valence-corrected chi connectivity index (χ3v) is 4.29. The summed E-state index contributed by atoms with van der Waals surface area (Å²) in [6, 6.07) is 0.349. The van der Waals surface area contributed by atoms with Gasteiger partial charge in [-0.2, -0.15) is 0 Å². The van der Waals surface area contributed by atoms with Crippen molar-refractivity contribution in [3.63, 3.8) is 0 Å². The second-order valence-electron chi connectivity index (χ2n) is 5.24. The summed E-state index contributed by atoms with van der Waals surface area (Å²) < 4.78 is 11.4. The van der Waals surface area contributed by atoms with Crippen molar-refractivity contribution in [2.45, 2.75) is 38.3 Å². The van der Waals surface area contributed by atoms with Crippen molar-refractivity contribution in [2.24, 2.45) is 16.1 Å². The SMILES string of the molecule is C=CCN=C(N)NC1CC(OCC)C12CCOCC2. The predicted octanol–water partition coefficient (Wildman–Crippen LogP) is 1.05. The van der Waals surface area contributed by atoms with E-state index < -0.39 is 0 Å². The van der Waals surface area contributed by atoms with E-state index in [9.17, 15) is 0 Å². The summed E-state index contributed by atoms with van der Waals surface area (Å²) >= 11 is 0. The Bertz CT molecular complexity index is 338. The first-order valence-corrected chi connectivity index (χ1v) is 7.09. The molecule has 1 aliphatic heterocycles. The fourth-order valence-corrected chi connectivity index (χ4v) is 3.19. The lowest BCUT2D eigenvalue weighted by molar-refractivity contribution is -0.169. The molecule has 3 N–H and O–H groups in total. The van der Waals surface area contributed by atoms with Crippen LogP contribution >= 0.6 is 0 Å². The van der Waals surface area contributed by atoms with Gasteiger partial charge in [0.15, 0.2) is 5.96 Å². The summed E-state index contributed by atoms with van der Waals surface area (Å²) in [5, 5.41) is 3.34. The van der Waals surface area contributed by atoms with Crippen LogP contribution < -0.4 is 11.1 Å². The zero-order chi connectivity index (χ0) is 13.7. The smallest absolute Gasteiger partial charge is 0.189 e. The molecule has 0 bridgehead atoms. The molecule has 0 aromatic rings. The first-order chi connectivity index (χ1) is 9.23. The Morgan fingerprint density at radius 3 is 2.95 bits per heavy atom. The monoisotopic (exact) mass is 267 g/mol. The molecule has 0 radical (unpaired) electrons. The zero-order valence-corrected chi connectivity index (χ0v) is 11.7. The average Bonchev–Trinajstić information content (AvgIpc) is 2.45. The van der Waals surface area contributed by atoms with E-state index in [0.717, 1.165) is 39.1 Å². The highest BCUT2D eigenvalue weighted by Gasteiger charge is 2.56. The van der Waals surface area contributed by atoms with Gasteiger partial charge in [-0.05, 0) is 26.2 Å². The molecule has 1 saturated carbocycles. The maximum Gasteiger partial charge on any atom is 0.189 e. The maximum atomic E-state index is 5.90. The number of ether oxygens (including phenoxy) is 2. The summed E-state index contributed by atoms with van der Waals surface area (Å²) in [7, 11) is 0. The molecule has 5 nitrogen and oxygen atoms in total. The van der Waals surface area contributed by atoms with Crippen LogP contribution in [0.25, 0.3) is 0 Å². The Labute approximate surface area is 115 Å². The highest BCUT2D eigenvalue weighted by atomic mass is 16.5. The van der Waals surface area contributed by atoms with Crippen LogP contribution in [0.1, 0.15) is 26.2 Å². The van der Waals surface area contributed by atoms with Gasteiger partial charge in [0.2, 0.25) is 0 Å². The Balaban J connectivity index is 1.98. The van der Waals surface area contributed by atoms with Crippen LogP contribution in [0.3, 0.4) is 0 Å². The van der Waals surface area contributed by atoms with Gasteiger partial charge in [0.05, 0.1) is 12.6 Å². The summed E-state index contributed by atoms with van der Waals surface area (Å²) in [5.41, 5.74) is 6.07. The van der Waals surface area contributed by atoms with Crippen LogP contribution in [0.5, 0.6) is 0 Å². The number of nitrogens with two attached hydrogens (primary N) is 1. The van der Waals surface area contributed by atoms with E-state index in [4.69, 9.17) is 15.2 Å². The normalized spacial score (nSPS) is 29.8. The Morgan fingerprint density at radius 2 is 2.32 bits per heavy atom. The number of hydrogen-bond donors (Lipinski definition) is 2. The molecule has 2 atom stereocenters. The first-order valence-electron chi connectivity index (χ1n) is 7.09. The standard InChI is InChI=1S/C14H25N3O2/c1-3-7-16-13(15)17-11-10-12(19-4-2)14(11)5-8-18-9-6-14/h3,11-12H,1,4-10H2,2H3,(H3,15,16,17). The van der Waals surface area contributed by atoms with Gasteiger partial charge in [-0.15, -0.1) is 6.58 Å². The van der Waals surface area contributed by atoms with E-state index in [0.29, 0.717) is 24.7 Å². The topological polar surface area (TPSA) is 68.9 Å². The van der Waals surface area contributed by atoms with Crippen LogP contribution in [0.15, 0.2) is 17.6 Å². The van der Waals surface area contributed by atoms with E-state index >= 15 is 0 Å². The Hall–Kier alpha value is -1.07. The van der Waals surface area contributed by atoms with Gasteiger partial charge >= 0.3 is 0 Å². The molecule has 1 spiro atoms. The number of nitrogens with zero attached hydrogens (tertiary/aromatic N) is 1. The van der Waals surface area contributed by atoms with Gasteiger partial charge in [-0.25, -0.2) is 4.99 Å². The third-order valence-electron chi connectivity index (χ3n) is 4.29. The summed E-state index contributed by atoms with van der Waals surface area (Å²) in [6.45, 7) is 8.63. The Kier molecular flexibility index (Phi) is 4.82. The second kappa shape index (κ2) is 6.39. The van der Waals surface area contributed by atoms with Gasteiger partial charge < -0.3 is 20.5 Å². The van der Waals surface area contributed by atoms with E-state index in [1.165, 1.54) is 0 Å². The number of nitrogens with one attached hydrogen (secondary N) is 1. The molecular weight excluding hydrogens is 242 g/mol. The average molecular weight is 267 g/mol. The van der Waals surface area contributed by atoms with E-state index in [2.05, 4.69) is 16.9 Å². The number of rotatable bonds is 5. The molecule has 108 valence electrons. The van der Waals surface area contributed by atoms with Crippen LogP contribution in [-0.2, 0) is 9.47 Å². The predicted molar refractivity (Wildman–Crippen MR) is 76.1 cm³/mol. The molecule has 2 unspecified atom stereocenters. The first kappa shape index (κ1) is 14.3. The van der Waals surface area contributed by atoms with Crippen LogP contribution in [0.4, 0.5) is 0 Å². The number of hydrogen-bond acceptors (Lipinski definition) is 3. The minimum absolute atomic E-state index is 0.169. The highest BCUT2D eigenvalue weighted by molar-refractivity contribution is 5.78. The lowest BCUT2D eigenvalue weighted by Crippen LogP contribution is -2.67. The summed E-state index contributed by atoms with van der Waals surface area (Å²) in [4.78, 5) is 4.21. The van der Waals surface area contributed by atoms with E-state index in [1.54, 1.807) is 6.08 Å². The lowest BCUT2D eigenvalue weighted by Gasteiger charge is -2.57. The molecule has 0 aromatic heterocycles. The third kappa shape index (κ3) is 2.92. The molecular formula is C14H25N3O2. The van der Waals surface area contributed by atoms with E-state index in [1.807, 2.05) is 6.92 Å². The summed E-state index contributed by atoms with van der Waals surface area (Å²) in [6.07, 6.45) is 5.13. The largest absolute Gasteiger partial charge is 0.381 e. The quantitative estimate of drug-likeness (QED) is 0.444. The van der Waals surface area contributed by atoms with Crippen molar-refractivity contribution in [2.75, 3.05) is 26.4 Å². The zero-order valence-electron chi connectivity index (χ0n) is 11.7. The molecule has 2 aliphatic rings. The van der Waals surface area contributed by atoms with Gasteiger partial charge in [-0.3, -0.25) is 0 Å². The van der Waals surface area contributed by atoms with Gasteiger partial charge in [0.1, 0.15) is 0 Å². The van der Waals surface area contributed by atoms with Crippen molar-refractivity contribution in [1.29, 1.82) is 0 Å². The second-order valence-corrected chi connectivity index (χ2v) is 5.24. The van der Waals surface area contributed by atoms with Crippen molar-refractivity contribution < 1.29 is 9.47 Å². The van der Waals surface area contributed by atoms with Crippen LogP contribution in [0.2, 0.25) is 0 Å². The molecule has 2 fully saturated rings. The molecule has 0 aromatic carbocycles. The Morgan fingerprint density at radius 1 is 1.58 bits per heavy atom. The van der Waals surface area contributed by atoms with Crippen molar-refractivity contribution in [1.82, 2.24) is 5.32 Å². The molecule has 1 aliphatic carbocycles. The molecule has 5 heteroatoms. The molecule has 0 amide bonds. The van der Waals surface area contributed by atoms with Crippen molar-refractivity contribution in [3.8, 4) is 0 Å². The molecule has 1 heterocycles. The molecule has 2 rings (SSSR count). The van der Waals surface area contributed by atoms with Gasteiger partial charge in [0.25, 0.3) is 0 Å². The molecule has 19 heavy (non-hydrogen) atoms. The lowest BCUT2D eigenvalue weighted by atomic mass is 9.57. The van der Waals surface area contributed by atoms with E-state index in [-0.39, 0.29) is 5.41 Å². The minimum atomic E-state index is 0.169. The number of guanidine groups is 1. The van der Waals surface area contributed by atoms with Gasteiger partial charge in [-0.1, -0.05) is 6.08 Å². The van der Waals surface area contributed by atoms with Crippen LogP contribution in [0, 0.1) is 5.41 Å². The maximum absolute atomic E-state index is 5.90. The number of aliphatic imine (C=N–C) groups is 1. The van der Waals surface area contributed by atoms with Gasteiger partial charge in [0, 0.05) is 31.3 Å². The fraction of sp³-hybridized carbons (Fsp3) is 0.786. The highest BCUT2D eigenvalue weighted by Crippen LogP contribution is 2.50. The minimum Gasteiger partial charge on any atom is -0.381 e. The van der Waals surface area contributed by atoms with Crippen molar-refractivity contribution >= 4 is 5.96 Å². The fourth-order valence-electron chi connectivity index (χ4n) is 3.19. The molecule has 1 saturated heterocycles. The van der Waals surface area contributed by atoms with Crippen molar-refractivity contribution in [3.05, 3.63) is 12.7 Å². The summed E-state index contributed by atoms with van der Waals surface area (Å²) in [5.74, 6) is 0.505. The van der Waals surface area contributed by atoms with Crippen LogP contribution in [-0.4, -0.2) is 44.5 Å².